The number of hydrogen-bond donors (Lipinski definition) is 1. The molecule has 0 rings (SSSR count). The van der Waals surface area contributed by atoms with Gasteiger partial charge in [0.25, 0.3) is 0 Å². The molecule has 0 aliphatic carbocycles. The molecule has 0 radical (unpaired) electrons. The summed E-state index contributed by atoms with van der Waals surface area (Å²) in [6, 6.07) is 0. The molecular weight excluding hydrogens is 162 g/mol. The van der Waals surface area contributed by atoms with Gasteiger partial charge in [-0.3, -0.25) is 4.90 Å². The van der Waals surface area contributed by atoms with Gasteiger partial charge in [-0.05, 0) is 27.3 Å². The molecule has 0 spiro atoms. The lowest BCUT2D eigenvalue weighted by molar-refractivity contribution is 0.0386. The second-order valence-corrected chi connectivity index (χ2v) is 3.86. The molecule has 1 N–H and O–H groups in total. The van der Waals surface area contributed by atoms with Crippen molar-refractivity contribution in [1.82, 2.24) is 4.90 Å². The number of aliphatic hydroxyl groups is 1. The average Bonchev–Trinajstić information content (AvgIpc) is 2.01. The highest BCUT2D eigenvalue weighted by molar-refractivity contribution is 4.95. The summed E-state index contributed by atoms with van der Waals surface area (Å²) in [5.74, 6) is 5.90. The highest BCUT2D eigenvalue weighted by Crippen LogP contribution is 2.04. The van der Waals surface area contributed by atoms with E-state index in [-0.39, 0.29) is 0 Å². The summed E-state index contributed by atoms with van der Waals surface area (Å²) in [6.07, 6.45) is 0.889. The second kappa shape index (κ2) is 6.01. The minimum Gasteiger partial charge on any atom is -0.389 e. The molecule has 0 aromatic carbocycles. The lowest BCUT2D eigenvalue weighted by Gasteiger charge is -2.27. The van der Waals surface area contributed by atoms with Crippen molar-refractivity contribution < 1.29 is 5.11 Å². The van der Waals surface area contributed by atoms with E-state index in [9.17, 15) is 5.11 Å². The fourth-order valence-corrected chi connectivity index (χ4v) is 1.24. The zero-order valence-electron chi connectivity index (χ0n) is 9.22. The molecular formula is C11H21NO. The van der Waals surface area contributed by atoms with Crippen molar-refractivity contribution in [1.29, 1.82) is 0 Å². The first-order valence-corrected chi connectivity index (χ1v) is 4.84. The van der Waals surface area contributed by atoms with Gasteiger partial charge in [-0.15, -0.1) is 11.8 Å². The summed E-state index contributed by atoms with van der Waals surface area (Å²) >= 11 is 0. The van der Waals surface area contributed by atoms with Crippen molar-refractivity contribution >= 4 is 0 Å². The van der Waals surface area contributed by atoms with Crippen LogP contribution in [0.4, 0.5) is 0 Å². The largest absolute Gasteiger partial charge is 0.389 e. The van der Waals surface area contributed by atoms with Gasteiger partial charge in [0.15, 0.2) is 0 Å². The average molecular weight is 183 g/mol. The molecule has 0 saturated carbocycles. The summed E-state index contributed by atoms with van der Waals surface area (Å²) in [6.45, 7) is 10.3. The Bertz CT molecular complexity index is 182. The SMILES string of the molecule is CC#CCCN(CC)CC(C)(C)O. The number of likely N-dealkylation sites (N-methyl/N-ethyl adjacent to an activating group) is 1. The van der Waals surface area contributed by atoms with Crippen LogP contribution in [0.15, 0.2) is 0 Å². The van der Waals surface area contributed by atoms with E-state index in [0.29, 0.717) is 0 Å². The molecule has 0 aliphatic heterocycles. The minimum absolute atomic E-state index is 0.602. The van der Waals surface area contributed by atoms with Crippen LogP contribution in [-0.2, 0) is 0 Å². The van der Waals surface area contributed by atoms with Gasteiger partial charge in [-0.25, -0.2) is 0 Å². The van der Waals surface area contributed by atoms with Crippen molar-refractivity contribution in [2.45, 2.75) is 39.7 Å². The van der Waals surface area contributed by atoms with Crippen LogP contribution in [0, 0.1) is 11.8 Å². The van der Waals surface area contributed by atoms with E-state index in [1.807, 2.05) is 20.8 Å². The van der Waals surface area contributed by atoms with Crippen molar-refractivity contribution in [2.24, 2.45) is 0 Å². The monoisotopic (exact) mass is 183 g/mol. The lowest BCUT2D eigenvalue weighted by Crippen LogP contribution is -2.38. The standard InChI is InChI=1S/C11H21NO/c1-5-7-8-9-12(6-2)10-11(3,4)13/h13H,6,8-10H2,1-4H3. The van der Waals surface area contributed by atoms with E-state index in [1.54, 1.807) is 0 Å². The molecule has 76 valence electrons. The van der Waals surface area contributed by atoms with Crippen molar-refractivity contribution in [3.05, 3.63) is 0 Å². The molecule has 0 amide bonds. The van der Waals surface area contributed by atoms with E-state index in [0.717, 1.165) is 26.1 Å². The Kier molecular flexibility index (Phi) is 5.77. The maximum absolute atomic E-state index is 9.60. The molecule has 0 saturated heterocycles. The van der Waals surface area contributed by atoms with Crippen molar-refractivity contribution in [3.8, 4) is 11.8 Å². The van der Waals surface area contributed by atoms with Crippen LogP contribution in [0.2, 0.25) is 0 Å². The first kappa shape index (κ1) is 12.5. The zero-order chi connectivity index (χ0) is 10.3. The van der Waals surface area contributed by atoms with Crippen molar-refractivity contribution in [3.63, 3.8) is 0 Å². The molecule has 0 heterocycles. The quantitative estimate of drug-likeness (QED) is 0.653. The highest BCUT2D eigenvalue weighted by atomic mass is 16.3. The molecule has 0 atom stereocenters. The third-order valence-corrected chi connectivity index (χ3v) is 1.79. The second-order valence-electron chi connectivity index (χ2n) is 3.86. The van der Waals surface area contributed by atoms with Gasteiger partial charge in [0.05, 0.1) is 5.60 Å². The first-order chi connectivity index (χ1) is 5.99. The Morgan fingerprint density at radius 3 is 2.38 bits per heavy atom. The summed E-state index contributed by atoms with van der Waals surface area (Å²) in [7, 11) is 0. The maximum atomic E-state index is 9.60. The molecule has 13 heavy (non-hydrogen) atoms. The molecule has 0 unspecified atom stereocenters. The van der Waals surface area contributed by atoms with E-state index >= 15 is 0 Å². The van der Waals surface area contributed by atoms with E-state index in [2.05, 4.69) is 23.7 Å². The zero-order valence-corrected chi connectivity index (χ0v) is 9.22. The van der Waals surface area contributed by atoms with Crippen LogP contribution >= 0.6 is 0 Å². The van der Waals surface area contributed by atoms with Crippen LogP contribution in [0.3, 0.4) is 0 Å². The summed E-state index contributed by atoms with van der Waals surface area (Å²) < 4.78 is 0. The van der Waals surface area contributed by atoms with Gasteiger partial charge >= 0.3 is 0 Å². The summed E-state index contributed by atoms with van der Waals surface area (Å²) in [5, 5.41) is 9.60. The predicted octanol–water partition coefficient (Wildman–Crippen LogP) is 1.49. The van der Waals surface area contributed by atoms with Gasteiger partial charge in [-0.2, -0.15) is 0 Å². The van der Waals surface area contributed by atoms with E-state index < -0.39 is 5.60 Å². The molecule has 2 heteroatoms. The molecule has 0 aromatic rings. The number of rotatable bonds is 5. The Labute approximate surface area is 81.9 Å². The van der Waals surface area contributed by atoms with Gasteiger partial charge < -0.3 is 5.11 Å². The Balaban J connectivity index is 3.80. The van der Waals surface area contributed by atoms with Gasteiger partial charge in [0.1, 0.15) is 0 Å². The molecule has 2 nitrogen and oxygen atoms in total. The Hall–Kier alpha value is -0.520. The highest BCUT2D eigenvalue weighted by Gasteiger charge is 2.16. The van der Waals surface area contributed by atoms with Gasteiger partial charge in [-0.1, -0.05) is 6.92 Å². The van der Waals surface area contributed by atoms with Crippen LogP contribution in [-0.4, -0.2) is 35.2 Å². The Morgan fingerprint density at radius 2 is 2.00 bits per heavy atom. The fraction of sp³-hybridized carbons (Fsp3) is 0.818. The van der Waals surface area contributed by atoms with Crippen LogP contribution in [0.1, 0.15) is 34.1 Å². The van der Waals surface area contributed by atoms with Crippen molar-refractivity contribution in [2.75, 3.05) is 19.6 Å². The third kappa shape index (κ3) is 7.83. The van der Waals surface area contributed by atoms with E-state index in [1.165, 1.54) is 0 Å². The van der Waals surface area contributed by atoms with E-state index in [4.69, 9.17) is 0 Å². The van der Waals surface area contributed by atoms with Crippen LogP contribution < -0.4 is 0 Å². The summed E-state index contributed by atoms with van der Waals surface area (Å²) in [5.41, 5.74) is -0.602. The van der Waals surface area contributed by atoms with Crippen LogP contribution in [0.25, 0.3) is 0 Å². The Morgan fingerprint density at radius 1 is 1.38 bits per heavy atom. The summed E-state index contributed by atoms with van der Waals surface area (Å²) in [4.78, 5) is 2.21. The lowest BCUT2D eigenvalue weighted by atomic mass is 10.1. The minimum atomic E-state index is -0.602. The normalized spacial score (nSPS) is 11.2. The maximum Gasteiger partial charge on any atom is 0.0718 e. The van der Waals surface area contributed by atoms with Crippen LogP contribution in [0.5, 0.6) is 0 Å². The number of hydrogen-bond acceptors (Lipinski definition) is 2. The smallest absolute Gasteiger partial charge is 0.0718 e. The first-order valence-electron chi connectivity index (χ1n) is 4.84. The molecule has 0 aliphatic rings. The molecule has 0 fully saturated rings. The third-order valence-electron chi connectivity index (χ3n) is 1.79. The predicted molar refractivity (Wildman–Crippen MR) is 56.5 cm³/mol. The van der Waals surface area contributed by atoms with Gasteiger partial charge in [0.2, 0.25) is 0 Å². The molecule has 0 bridgehead atoms. The molecule has 0 aromatic heterocycles. The number of nitrogens with zero attached hydrogens (tertiary/aromatic N) is 1. The topological polar surface area (TPSA) is 23.5 Å². The van der Waals surface area contributed by atoms with Gasteiger partial charge in [0, 0.05) is 19.5 Å². The fourth-order valence-electron chi connectivity index (χ4n) is 1.24.